The van der Waals surface area contributed by atoms with E-state index >= 15 is 0 Å². The van der Waals surface area contributed by atoms with Gasteiger partial charge in [-0.1, -0.05) is 59.6 Å². The number of nitrogens with zero attached hydrogens (tertiary/aromatic N) is 1. The van der Waals surface area contributed by atoms with Crippen LogP contribution < -0.4 is 4.90 Å². The Labute approximate surface area is 154 Å². The highest BCUT2D eigenvalue weighted by atomic mass is 35.5. The molecule has 1 aliphatic rings. The summed E-state index contributed by atoms with van der Waals surface area (Å²) < 4.78 is 0. The number of fused-ring (bicyclic) bond motifs is 1. The minimum Gasteiger partial charge on any atom is -0.295 e. The summed E-state index contributed by atoms with van der Waals surface area (Å²) in [5.74, 6) is 0.482. The lowest BCUT2D eigenvalue weighted by atomic mass is 10.1. The van der Waals surface area contributed by atoms with Gasteiger partial charge in [0, 0.05) is 21.3 Å². The predicted octanol–water partition coefficient (Wildman–Crippen LogP) is 5.93. The summed E-state index contributed by atoms with van der Waals surface area (Å²) >= 11 is 14.3. The lowest BCUT2D eigenvalue weighted by molar-refractivity contribution is -0.115. The second-order valence-corrected chi connectivity index (χ2v) is 7.48. The van der Waals surface area contributed by atoms with Crippen LogP contribution in [0.4, 0.5) is 5.69 Å². The molecular weight excluding hydrogens is 361 g/mol. The lowest BCUT2D eigenvalue weighted by Crippen LogP contribution is -2.28. The van der Waals surface area contributed by atoms with Crippen molar-refractivity contribution in [1.82, 2.24) is 0 Å². The van der Waals surface area contributed by atoms with Crippen LogP contribution in [-0.4, -0.2) is 11.7 Å². The quantitative estimate of drug-likeness (QED) is 0.555. The molecule has 1 aliphatic heterocycles. The Morgan fingerprint density at radius 3 is 2.38 bits per heavy atom. The van der Waals surface area contributed by atoms with Crippen molar-refractivity contribution < 1.29 is 4.79 Å². The number of hydrogen-bond acceptors (Lipinski definition) is 2. The first-order valence-corrected chi connectivity index (χ1v) is 9.32. The molecule has 120 valence electrons. The fourth-order valence-corrected chi connectivity index (χ4v) is 4.97. The Kier molecular flexibility index (Phi) is 4.17. The number of anilines is 1. The second kappa shape index (κ2) is 6.32. The molecular formula is C19H13Cl2NOS. The first-order chi connectivity index (χ1) is 11.6. The summed E-state index contributed by atoms with van der Waals surface area (Å²) in [7, 11) is 0. The monoisotopic (exact) mass is 373 g/mol. The van der Waals surface area contributed by atoms with Gasteiger partial charge in [0.2, 0.25) is 5.91 Å². The van der Waals surface area contributed by atoms with Gasteiger partial charge in [0.25, 0.3) is 0 Å². The molecule has 0 aromatic heterocycles. The zero-order valence-electron chi connectivity index (χ0n) is 12.6. The standard InChI is InChI=1S/C19H13Cl2NOS/c20-15-6-3-7-16(21)18(15)19-22(17(23)11-24-19)14-9-8-12-4-1-2-5-13(12)10-14/h1-10,19H,11H2. The van der Waals surface area contributed by atoms with Crippen molar-refractivity contribution >= 4 is 57.3 Å². The molecule has 5 heteroatoms. The maximum atomic E-state index is 12.5. The highest BCUT2D eigenvalue weighted by molar-refractivity contribution is 8.00. The summed E-state index contributed by atoms with van der Waals surface area (Å²) in [4.78, 5) is 14.3. The van der Waals surface area contributed by atoms with Gasteiger partial charge in [-0.15, -0.1) is 11.8 Å². The molecule has 0 N–H and O–H groups in total. The van der Waals surface area contributed by atoms with E-state index in [4.69, 9.17) is 23.2 Å². The number of amides is 1. The minimum absolute atomic E-state index is 0.0660. The number of halogens is 2. The molecule has 0 aliphatic carbocycles. The minimum atomic E-state index is -0.208. The van der Waals surface area contributed by atoms with E-state index in [1.54, 1.807) is 16.7 Å². The van der Waals surface area contributed by atoms with Crippen LogP contribution in [-0.2, 0) is 4.79 Å². The summed E-state index contributed by atoms with van der Waals surface area (Å²) in [5, 5.41) is 3.21. The molecule has 1 saturated heterocycles. The fourth-order valence-electron chi connectivity index (χ4n) is 2.99. The summed E-state index contributed by atoms with van der Waals surface area (Å²) in [6.07, 6.45) is 0. The number of rotatable bonds is 2. The molecule has 24 heavy (non-hydrogen) atoms. The summed E-state index contributed by atoms with van der Waals surface area (Å²) in [6.45, 7) is 0. The number of carbonyl (C=O) groups is 1. The maximum Gasteiger partial charge on any atom is 0.238 e. The van der Waals surface area contributed by atoms with Crippen LogP contribution in [0.25, 0.3) is 10.8 Å². The van der Waals surface area contributed by atoms with E-state index in [0.717, 1.165) is 22.0 Å². The molecule has 1 fully saturated rings. The van der Waals surface area contributed by atoms with E-state index in [1.165, 1.54) is 0 Å². The van der Waals surface area contributed by atoms with Crippen LogP contribution in [0.15, 0.2) is 60.7 Å². The zero-order valence-corrected chi connectivity index (χ0v) is 14.9. The van der Waals surface area contributed by atoms with Crippen LogP contribution >= 0.6 is 35.0 Å². The van der Waals surface area contributed by atoms with Crippen molar-refractivity contribution in [2.24, 2.45) is 0 Å². The summed E-state index contributed by atoms with van der Waals surface area (Å²) in [5.41, 5.74) is 1.66. The molecule has 0 bridgehead atoms. The maximum absolute atomic E-state index is 12.5. The van der Waals surface area contributed by atoms with Gasteiger partial charge in [-0.2, -0.15) is 0 Å². The molecule has 1 amide bonds. The molecule has 0 spiro atoms. The van der Waals surface area contributed by atoms with Gasteiger partial charge in [-0.05, 0) is 35.0 Å². The Hall–Kier alpha value is -1.68. The molecule has 0 radical (unpaired) electrons. The zero-order chi connectivity index (χ0) is 16.7. The van der Waals surface area contributed by atoms with Crippen molar-refractivity contribution in [3.63, 3.8) is 0 Å². The van der Waals surface area contributed by atoms with Crippen LogP contribution in [0.5, 0.6) is 0 Å². The number of carbonyl (C=O) groups excluding carboxylic acids is 1. The SMILES string of the molecule is O=C1CSC(c2c(Cl)cccc2Cl)N1c1ccc2ccccc2c1. The molecule has 2 nitrogen and oxygen atoms in total. The third-order valence-corrected chi connectivity index (χ3v) is 5.96. The highest BCUT2D eigenvalue weighted by Gasteiger charge is 2.36. The topological polar surface area (TPSA) is 20.3 Å². The molecule has 3 aromatic carbocycles. The van der Waals surface area contributed by atoms with E-state index in [9.17, 15) is 4.79 Å². The van der Waals surface area contributed by atoms with E-state index in [0.29, 0.717) is 15.8 Å². The van der Waals surface area contributed by atoms with E-state index < -0.39 is 0 Å². The smallest absolute Gasteiger partial charge is 0.238 e. The molecule has 1 unspecified atom stereocenters. The number of benzene rings is 3. The Balaban J connectivity index is 1.83. The van der Waals surface area contributed by atoms with Crippen molar-refractivity contribution in [2.75, 3.05) is 10.7 Å². The van der Waals surface area contributed by atoms with Gasteiger partial charge in [-0.25, -0.2) is 0 Å². The lowest BCUT2D eigenvalue weighted by Gasteiger charge is -2.26. The first kappa shape index (κ1) is 15.8. The van der Waals surface area contributed by atoms with Gasteiger partial charge < -0.3 is 0 Å². The van der Waals surface area contributed by atoms with Crippen LogP contribution in [0, 0.1) is 0 Å². The van der Waals surface area contributed by atoms with Crippen molar-refractivity contribution in [3.8, 4) is 0 Å². The van der Waals surface area contributed by atoms with Gasteiger partial charge in [-0.3, -0.25) is 9.69 Å². The second-order valence-electron chi connectivity index (χ2n) is 5.59. The highest BCUT2D eigenvalue weighted by Crippen LogP contribution is 2.46. The molecule has 1 heterocycles. The Morgan fingerprint density at radius 2 is 1.62 bits per heavy atom. The average molecular weight is 374 g/mol. The first-order valence-electron chi connectivity index (χ1n) is 7.51. The number of thioether (sulfide) groups is 1. The summed E-state index contributed by atoms with van der Waals surface area (Å²) in [6, 6.07) is 19.6. The third kappa shape index (κ3) is 2.67. The van der Waals surface area contributed by atoms with E-state index in [1.807, 2.05) is 54.6 Å². The van der Waals surface area contributed by atoms with E-state index in [2.05, 4.69) is 6.07 Å². The van der Waals surface area contributed by atoms with Crippen LogP contribution in [0.2, 0.25) is 10.0 Å². The van der Waals surface area contributed by atoms with Crippen molar-refractivity contribution in [2.45, 2.75) is 5.37 Å². The Bertz CT molecular complexity index is 923. The molecule has 4 rings (SSSR count). The fraction of sp³-hybridized carbons (Fsp3) is 0.105. The normalized spacial score (nSPS) is 17.7. The predicted molar refractivity (Wildman–Crippen MR) is 103 cm³/mol. The van der Waals surface area contributed by atoms with Crippen molar-refractivity contribution in [3.05, 3.63) is 76.3 Å². The Morgan fingerprint density at radius 1 is 0.917 bits per heavy atom. The van der Waals surface area contributed by atoms with Crippen molar-refractivity contribution in [1.29, 1.82) is 0 Å². The van der Waals surface area contributed by atoms with Gasteiger partial charge >= 0.3 is 0 Å². The van der Waals surface area contributed by atoms with Crippen LogP contribution in [0.3, 0.4) is 0 Å². The molecule has 3 aromatic rings. The van der Waals surface area contributed by atoms with Gasteiger partial charge in [0.05, 0.1) is 5.75 Å². The number of hydrogen-bond donors (Lipinski definition) is 0. The largest absolute Gasteiger partial charge is 0.295 e. The van der Waals surface area contributed by atoms with E-state index in [-0.39, 0.29) is 11.3 Å². The van der Waals surface area contributed by atoms with Gasteiger partial charge in [0.15, 0.2) is 0 Å². The average Bonchev–Trinajstić information content (AvgIpc) is 2.95. The third-order valence-electron chi connectivity index (χ3n) is 4.13. The van der Waals surface area contributed by atoms with Crippen LogP contribution in [0.1, 0.15) is 10.9 Å². The molecule has 0 saturated carbocycles. The molecule has 1 atom stereocenters. The van der Waals surface area contributed by atoms with Gasteiger partial charge in [0.1, 0.15) is 5.37 Å².